The molecular weight excluding hydrogens is 499 g/mol. The van der Waals surface area contributed by atoms with Gasteiger partial charge in [-0.15, -0.1) is 0 Å². The Kier molecular flexibility index (Phi) is 8.13. The van der Waals surface area contributed by atoms with Crippen molar-refractivity contribution in [1.82, 2.24) is 10.6 Å². The quantitative estimate of drug-likeness (QED) is 0.333. The fourth-order valence-corrected chi connectivity index (χ4v) is 4.13. The SMILES string of the molecule is O=C1NCCNc2cc(Br)ccc21.O=C1NCCNc2cc(C3CC3)ccc21.OB(O)C1CC1. The van der Waals surface area contributed by atoms with Crippen LogP contribution in [0.3, 0.4) is 0 Å². The summed E-state index contributed by atoms with van der Waals surface area (Å²) in [7, 11) is -1.04. The molecule has 8 nitrogen and oxygen atoms in total. The predicted octanol–water partition coefficient (Wildman–Crippen LogP) is 2.95. The van der Waals surface area contributed by atoms with Gasteiger partial charge in [0.05, 0.1) is 11.1 Å². The number of fused-ring (bicyclic) bond motifs is 2. The molecule has 2 aliphatic carbocycles. The van der Waals surface area contributed by atoms with E-state index >= 15 is 0 Å². The maximum Gasteiger partial charge on any atom is 0.454 e. The number of hydrogen-bond donors (Lipinski definition) is 6. The molecule has 2 aromatic rings. The van der Waals surface area contributed by atoms with E-state index in [0.29, 0.717) is 18.7 Å². The molecule has 2 fully saturated rings. The Morgan fingerprint density at radius 3 is 1.76 bits per heavy atom. The van der Waals surface area contributed by atoms with Crippen LogP contribution in [0.15, 0.2) is 40.9 Å². The van der Waals surface area contributed by atoms with Crippen molar-refractivity contribution in [3.05, 3.63) is 57.6 Å². The van der Waals surface area contributed by atoms with Crippen LogP contribution >= 0.6 is 15.9 Å². The lowest BCUT2D eigenvalue weighted by Gasteiger charge is -2.08. The number of amides is 2. The standard InChI is InChI=1S/C12H14N2O.C9H9BrN2O.C3H7BO2/c15-12-10-4-3-9(8-1-2-8)7-11(10)13-5-6-14-12;10-6-1-2-7-8(5-6)11-3-4-12-9(7)13;5-4(6)3-1-2-3/h3-4,7-8,13H,1-2,5-6H2,(H,14,15);1-2,5,11H,3-4H2,(H,12,13);3,5-6H,1-2H2. The van der Waals surface area contributed by atoms with Gasteiger partial charge in [-0.3, -0.25) is 9.59 Å². The molecule has 0 spiro atoms. The van der Waals surface area contributed by atoms with E-state index in [1.165, 1.54) is 18.4 Å². The molecule has 2 aliphatic heterocycles. The molecule has 0 radical (unpaired) electrons. The number of anilines is 2. The zero-order valence-corrected chi connectivity index (χ0v) is 20.5. The lowest BCUT2D eigenvalue weighted by Crippen LogP contribution is -2.24. The number of rotatable bonds is 2. The summed E-state index contributed by atoms with van der Waals surface area (Å²) < 4.78 is 0.980. The fourth-order valence-electron chi connectivity index (χ4n) is 3.77. The van der Waals surface area contributed by atoms with E-state index in [1.807, 2.05) is 24.3 Å². The maximum absolute atomic E-state index is 11.7. The van der Waals surface area contributed by atoms with E-state index in [0.717, 1.165) is 53.3 Å². The molecule has 180 valence electrons. The number of nitrogens with one attached hydrogen (secondary N) is 4. The minimum atomic E-state index is -1.04. The Bertz CT molecular complexity index is 1040. The first kappa shape index (κ1) is 24.6. The highest BCUT2D eigenvalue weighted by Gasteiger charge is 2.33. The average Bonchev–Trinajstić information content (AvgIpc) is 3.70. The van der Waals surface area contributed by atoms with Crippen LogP contribution in [0.25, 0.3) is 0 Å². The number of carbonyl (C=O) groups excluding carboxylic acids is 2. The number of carbonyl (C=O) groups is 2. The van der Waals surface area contributed by atoms with Crippen LogP contribution in [0, 0.1) is 0 Å². The Morgan fingerprint density at radius 2 is 1.26 bits per heavy atom. The molecule has 0 saturated heterocycles. The summed E-state index contributed by atoms with van der Waals surface area (Å²) in [4.78, 5) is 23.1. The summed E-state index contributed by atoms with van der Waals surface area (Å²) >= 11 is 3.36. The van der Waals surface area contributed by atoms with Crippen LogP contribution in [0.5, 0.6) is 0 Å². The van der Waals surface area contributed by atoms with E-state index in [1.54, 1.807) is 0 Å². The van der Waals surface area contributed by atoms with E-state index < -0.39 is 7.12 Å². The van der Waals surface area contributed by atoms with Crippen LogP contribution in [0.4, 0.5) is 11.4 Å². The molecule has 6 rings (SSSR count). The molecular formula is C24H30BBrN4O4. The van der Waals surface area contributed by atoms with Gasteiger partial charge >= 0.3 is 7.12 Å². The van der Waals surface area contributed by atoms with Gasteiger partial charge in [-0.1, -0.05) is 34.8 Å². The highest BCUT2D eigenvalue weighted by molar-refractivity contribution is 9.10. The van der Waals surface area contributed by atoms with Crippen LogP contribution < -0.4 is 21.3 Å². The summed E-state index contributed by atoms with van der Waals surface area (Å²) in [6.45, 7) is 2.96. The molecule has 2 aromatic carbocycles. The lowest BCUT2D eigenvalue weighted by atomic mass is 9.84. The van der Waals surface area contributed by atoms with E-state index in [-0.39, 0.29) is 17.6 Å². The number of benzene rings is 2. The van der Waals surface area contributed by atoms with Crippen LogP contribution in [0.2, 0.25) is 5.82 Å². The maximum atomic E-state index is 11.7. The highest BCUT2D eigenvalue weighted by atomic mass is 79.9. The monoisotopic (exact) mass is 528 g/mol. The summed E-state index contributed by atoms with van der Waals surface area (Å²) in [5.74, 6) is 0.985. The van der Waals surface area contributed by atoms with Gasteiger partial charge in [0, 0.05) is 42.0 Å². The van der Waals surface area contributed by atoms with Gasteiger partial charge in [0.15, 0.2) is 0 Å². The lowest BCUT2D eigenvalue weighted by molar-refractivity contribution is 0.0949. The minimum absolute atomic E-state index is 0.00694. The Hall–Kier alpha value is -2.56. The van der Waals surface area contributed by atoms with Gasteiger partial charge in [0.25, 0.3) is 11.8 Å². The molecule has 0 bridgehead atoms. The normalized spacial score (nSPS) is 18.3. The number of hydrogen-bond acceptors (Lipinski definition) is 6. The third kappa shape index (κ3) is 6.74. The van der Waals surface area contributed by atoms with E-state index in [9.17, 15) is 9.59 Å². The van der Waals surface area contributed by atoms with Gasteiger partial charge < -0.3 is 31.3 Å². The van der Waals surface area contributed by atoms with Gasteiger partial charge in [0.2, 0.25) is 0 Å². The Balaban J connectivity index is 0.000000131. The first-order valence-electron chi connectivity index (χ1n) is 11.8. The third-order valence-corrected chi connectivity index (χ3v) is 6.55. The fraction of sp³-hybridized carbons (Fsp3) is 0.417. The molecule has 0 aromatic heterocycles. The predicted molar refractivity (Wildman–Crippen MR) is 137 cm³/mol. The molecule has 6 N–H and O–H groups in total. The summed E-state index contributed by atoms with van der Waals surface area (Å²) in [6.07, 6.45) is 4.59. The highest BCUT2D eigenvalue weighted by Crippen LogP contribution is 2.41. The third-order valence-electron chi connectivity index (χ3n) is 6.06. The number of halogens is 1. The van der Waals surface area contributed by atoms with Crippen molar-refractivity contribution in [2.75, 3.05) is 36.8 Å². The Morgan fingerprint density at radius 1 is 0.735 bits per heavy atom. The largest absolute Gasteiger partial charge is 0.454 e. The van der Waals surface area contributed by atoms with Gasteiger partial charge in [0.1, 0.15) is 0 Å². The molecule has 0 atom stereocenters. The van der Waals surface area contributed by atoms with Crippen molar-refractivity contribution in [1.29, 1.82) is 0 Å². The molecule has 2 saturated carbocycles. The first-order valence-corrected chi connectivity index (χ1v) is 12.6. The Labute approximate surface area is 208 Å². The van der Waals surface area contributed by atoms with Crippen molar-refractivity contribution in [2.45, 2.75) is 37.4 Å². The van der Waals surface area contributed by atoms with Crippen molar-refractivity contribution in [2.24, 2.45) is 0 Å². The van der Waals surface area contributed by atoms with Gasteiger partial charge in [-0.2, -0.15) is 0 Å². The average molecular weight is 529 g/mol. The zero-order chi connectivity index (χ0) is 24.1. The zero-order valence-electron chi connectivity index (χ0n) is 18.9. The smallest absolute Gasteiger partial charge is 0.427 e. The van der Waals surface area contributed by atoms with Crippen molar-refractivity contribution < 1.29 is 19.6 Å². The molecule has 34 heavy (non-hydrogen) atoms. The van der Waals surface area contributed by atoms with Crippen LogP contribution in [-0.4, -0.2) is 55.2 Å². The second-order valence-electron chi connectivity index (χ2n) is 8.89. The summed E-state index contributed by atoms with van der Waals surface area (Å²) in [6, 6.07) is 11.8. The minimum Gasteiger partial charge on any atom is -0.427 e. The summed E-state index contributed by atoms with van der Waals surface area (Å²) in [5, 5.41) is 28.6. The van der Waals surface area contributed by atoms with Crippen molar-refractivity contribution in [3.63, 3.8) is 0 Å². The second kappa shape index (κ2) is 11.2. The van der Waals surface area contributed by atoms with Crippen LogP contribution in [-0.2, 0) is 0 Å². The summed E-state index contributed by atoms with van der Waals surface area (Å²) in [5.41, 5.74) is 4.74. The van der Waals surface area contributed by atoms with Crippen molar-refractivity contribution in [3.8, 4) is 0 Å². The van der Waals surface area contributed by atoms with Gasteiger partial charge in [-0.05, 0) is 60.5 Å². The molecule has 0 unspecified atom stereocenters. The van der Waals surface area contributed by atoms with Crippen molar-refractivity contribution >= 4 is 46.2 Å². The molecule has 10 heteroatoms. The van der Waals surface area contributed by atoms with E-state index in [4.69, 9.17) is 10.0 Å². The second-order valence-corrected chi connectivity index (χ2v) is 9.80. The van der Waals surface area contributed by atoms with Gasteiger partial charge in [-0.25, -0.2) is 0 Å². The molecule has 2 heterocycles. The first-order chi connectivity index (χ1) is 16.4. The topological polar surface area (TPSA) is 123 Å². The molecule has 4 aliphatic rings. The van der Waals surface area contributed by atoms with Crippen LogP contribution in [0.1, 0.15) is 57.9 Å². The van der Waals surface area contributed by atoms with E-state index in [2.05, 4.69) is 49.3 Å². The molecule has 2 amide bonds.